The van der Waals surface area contributed by atoms with Crippen molar-refractivity contribution < 1.29 is 0 Å². The van der Waals surface area contributed by atoms with Crippen LogP contribution in [0.15, 0.2) is 6.20 Å². The van der Waals surface area contributed by atoms with Crippen molar-refractivity contribution in [2.24, 2.45) is 12.8 Å². The third-order valence-electron chi connectivity index (χ3n) is 4.12. The third-order valence-corrected chi connectivity index (χ3v) is 5.27. The summed E-state index contributed by atoms with van der Waals surface area (Å²) in [6.07, 6.45) is 3.42. The maximum atomic E-state index is 6.11. The molecule has 0 aliphatic carbocycles. The molecule has 1 aromatic rings. The average Bonchev–Trinajstić information content (AvgIpc) is 2.98. The van der Waals surface area contributed by atoms with Gasteiger partial charge in [-0.25, -0.2) is 0 Å². The van der Waals surface area contributed by atoms with Gasteiger partial charge in [0, 0.05) is 42.6 Å². The van der Waals surface area contributed by atoms with Gasteiger partial charge in [-0.05, 0) is 19.2 Å². The van der Waals surface area contributed by atoms with Gasteiger partial charge in [0.05, 0.1) is 11.7 Å². The highest BCUT2D eigenvalue weighted by molar-refractivity contribution is 7.99. The van der Waals surface area contributed by atoms with E-state index in [1.807, 2.05) is 23.5 Å². The molecule has 20 heavy (non-hydrogen) atoms. The van der Waals surface area contributed by atoms with E-state index in [9.17, 15) is 0 Å². The van der Waals surface area contributed by atoms with Crippen LogP contribution in [0.3, 0.4) is 0 Å². The highest BCUT2D eigenvalue weighted by atomic mass is 32.2. The second-order valence-electron chi connectivity index (χ2n) is 6.79. The van der Waals surface area contributed by atoms with E-state index in [4.69, 9.17) is 5.73 Å². The summed E-state index contributed by atoms with van der Waals surface area (Å²) in [5.41, 5.74) is 8.63. The number of hydrogen-bond donors (Lipinski definition) is 1. The Labute approximate surface area is 127 Å². The zero-order valence-electron chi connectivity index (χ0n) is 13.4. The number of rotatable bonds is 4. The predicted octanol–water partition coefficient (Wildman–Crippen LogP) is 2.15. The highest BCUT2D eigenvalue weighted by Crippen LogP contribution is 2.33. The van der Waals surface area contributed by atoms with Crippen LogP contribution in [0.25, 0.3) is 0 Å². The molecule has 5 heteroatoms. The van der Waals surface area contributed by atoms with Crippen LogP contribution in [0, 0.1) is 0 Å². The van der Waals surface area contributed by atoms with Gasteiger partial charge in [0.1, 0.15) is 0 Å². The van der Waals surface area contributed by atoms with E-state index in [0.717, 1.165) is 0 Å². The number of likely N-dealkylation sites (N-methyl/N-ethyl adjacent to an activating group) is 1. The molecule has 2 atom stereocenters. The molecule has 1 aromatic heterocycles. The molecular weight excluding hydrogens is 268 g/mol. The van der Waals surface area contributed by atoms with Gasteiger partial charge < -0.3 is 5.73 Å². The Kier molecular flexibility index (Phi) is 4.82. The summed E-state index contributed by atoms with van der Waals surface area (Å²) >= 11 is 2.05. The zero-order valence-corrected chi connectivity index (χ0v) is 14.2. The van der Waals surface area contributed by atoms with E-state index in [-0.39, 0.29) is 11.5 Å². The van der Waals surface area contributed by atoms with Gasteiger partial charge in [-0.1, -0.05) is 20.8 Å². The molecule has 114 valence electrons. The van der Waals surface area contributed by atoms with Crippen LogP contribution in [-0.4, -0.2) is 45.8 Å². The Morgan fingerprint density at radius 1 is 1.55 bits per heavy atom. The minimum absolute atomic E-state index is 0.0509. The van der Waals surface area contributed by atoms with Gasteiger partial charge in [0.2, 0.25) is 0 Å². The first-order valence-corrected chi connectivity index (χ1v) is 8.54. The van der Waals surface area contributed by atoms with Crippen LogP contribution in [0.5, 0.6) is 0 Å². The van der Waals surface area contributed by atoms with Crippen molar-refractivity contribution in [3.05, 3.63) is 17.5 Å². The topological polar surface area (TPSA) is 47.1 Å². The van der Waals surface area contributed by atoms with Crippen molar-refractivity contribution in [3.8, 4) is 0 Å². The Morgan fingerprint density at radius 2 is 2.25 bits per heavy atom. The summed E-state index contributed by atoms with van der Waals surface area (Å²) in [6, 6.07) is 0.906. The lowest BCUT2D eigenvalue weighted by atomic mass is 9.87. The summed E-state index contributed by atoms with van der Waals surface area (Å²) in [6.45, 7) is 7.31. The quantitative estimate of drug-likeness (QED) is 0.925. The lowest BCUT2D eigenvalue weighted by Crippen LogP contribution is -2.39. The van der Waals surface area contributed by atoms with Crippen LogP contribution >= 0.6 is 11.8 Å². The van der Waals surface area contributed by atoms with Crippen molar-refractivity contribution in [1.82, 2.24) is 14.7 Å². The maximum Gasteiger partial charge on any atom is 0.0726 e. The SMILES string of the molecule is CN(C1CCSC1)C(CN)c1cn(C)nc1C(C)(C)C. The molecule has 2 rings (SSSR count). The monoisotopic (exact) mass is 296 g/mol. The predicted molar refractivity (Wildman–Crippen MR) is 87.2 cm³/mol. The van der Waals surface area contributed by atoms with Gasteiger partial charge >= 0.3 is 0 Å². The first-order valence-electron chi connectivity index (χ1n) is 7.38. The fourth-order valence-electron chi connectivity index (χ4n) is 2.94. The fraction of sp³-hybridized carbons (Fsp3) is 0.800. The van der Waals surface area contributed by atoms with Crippen LogP contribution in [-0.2, 0) is 12.5 Å². The minimum Gasteiger partial charge on any atom is -0.329 e. The van der Waals surface area contributed by atoms with Gasteiger partial charge in [-0.3, -0.25) is 9.58 Å². The van der Waals surface area contributed by atoms with E-state index in [1.54, 1.807) is 0 Å². The molecule has 1 fully saturated rings. The molecule has 0 amide bonds. The third kappa shape index (κ3) is 3.21. The molecule has 4 nitrogen and oxygen atoms in total. The van der Waals surface area contributed by atoms with Gasteiger partial charge in [-0.15, -0.1) is 0 Å². The molecule has 0 saturated carbocycles. The highest BCUT2D eigenvalue weighted by Gasteiger charge is 2.31. The summed E-state index contributed by atoms with van der Waals surface area (Å²) in [7, 11) is 4.21. The summed E-state index contributed by atoms with van der Waals surface area (Å²) < 4.78 is 1.93. The van der Waals surface area contributed by atoms with E-state index in [0.29, 0.717) is 12.6 Å². The van der Waals surface area contributed by atoms with E-state index in [2.05, 4.69) is 44.0 Å². The van der Waals surface area contributed by atoms with Crippen molar-refractivity contribution in [3.63, 3.8) is 0 Å². The molecule has 0 aromatic carbocycles. The molecule has 1 saturated heterocycles. The molecule has 1 aliphatic rings. The number of hydrogen-bond acceptors (Lipinski definition) is 4. The summed E-state index contributed by atoms with van der Waals surface area (Å²) in [5, 5.41) is 4.69. The standard InChI is InChI=1S/C15H28N4S/c1-15(2,3)14-12(9-18(4)17-14)13(8-16)19(5)11-6-7-20-10-11/h9,11,13H,6-8,10,16H2,1-5H3. The number of thioether (sulfide) groups is 1. The number of nitrogens with zero attached hydrogens (tertiary/aromatic N) is 3. The van der Waals surface area contributed by atoms with Crippen molar-refractivity contribution in [2.75, 3.05) is 25.1 Å². The van der Waals surface area contributed by atoms with Gasteiger partial charge in [0.25, 0.3) is 0 Å². The molecule has 0 bridgehead atoms. The van der Waals surface area contributed by atoms with Crippen molar-refractivity contribution in [1.29, 1.82) is 0 Å². The molecule has 2 unspecified atom stereocenters. The molecule has 1 aliphatic heterocycles. The Balaban J connectivity index is 2.31. The van der Waals surface area contributed by atoms with Crippen LogP contribution in [0.1, 0.15) is 44.5 Å². The molecule has 2 N–H and O–H groups in total. The summed E-state index contributed by atoms with van der Waals surface area (Å²) in [5.74, 6) is 2.49. The van der Waals surface area contributed by atoms with Crippen LogP contribution in [0.4, 0.5) is 0 Å². The van der Waals surface area contributed by atoms with Gasteiger partial charge in [-0.2, -0.15) is 16.9 Å². The van der Waals surface area contributed by atoms with Crippen molar-refractivity contribution >= 4 is 11.8 Å². The van der Waals surface area contributed by atoms with Crippen LogP contribution < -0.4 is 5.73 Å². The Bertz CT molecular complexity index is 443. The van der Waals surface area contributed by atoms with E-state index < -0.39 is 0 Å². The first kappa shape index (κ1) is 15.9. The molecular formula is C15H28N4S. The molecule has 0 spiro atoms. The smallest absolute Gasteiger partial charge is 0.0726 e. The minimum atomic E-state index is 0.0509. The molecule has 0 radical (unpaired) electrons. The lowest BCUT2D eigenvalue weighted by molar-refractivity contribution is 0.191. The Morgan fingerprint density at radius 3 is 2.75 bits per heavy atom. The second kappa shape index (κ2) is 6.08. The number of aromatic nitrogens is 2. The fourth-order valence-corrected chi connectivity index (χ4v) is 4.22. The summed E-state index contributed by atoms with van der Waals surface area (Å²) in [4.78, 5) is 2.46. The number of nitrogens with two attached hydrogens (primary N) is 1. The molecule has 2 heterocycles. The van der Waals surface area contributed by atoms with E-state index >= 15 is 0 Å². The largest absolute Gasteiger partial charge is 0.329 e. The van der Waals surface area contributed by atoms with Crippen LogP contribution in [0.2, 0.25) is 0 Å². The van der Waals surface area contributed by atoms with Crippen molar-refractivity contribution in [2.45, 2.75) is 44.7 Å². The number of aryl methyl sites for hydroxylation is 1. The first-order chi connectivity index (χ1) is 9.34. The second-order valence-corrected chi connectivity index (χ2v) is 7.94. The Hall–Kier alpha value is -0.520. The van der Waals surface area contributed by atoms with E-state index in [1.165, 1.54) is 29.2 Å². The van der Waals surface area contributed by atoms with Gasteiger partial charge in [0.15, 0.2) is 0 Å². The zero-order chi connectivity index (χ0) is 14.9. The maximum absolute atomic E-state index is 6.11. The normalized spacial score (nSPS) is 21.6. The average molecular weight is 296 g/mol. The lowest BCUT2D eigenvalue weighted by Gasteiger charge is -2.33.